The maximum absolute atomic E-state index is 13.4. The number of hydrogen-bond donors (Lipinski definition) is 1. The smallest absolute Gasteiger partial charge is 0.306 e. The van der Waals surface area contributed by atoms with Gasteiger partial charge in [-0.2, -0.15) is 0 Å². The number of benzene rings is 1. The Morgan fingerprint density at radius 1 is 0.618 bits per heavy atom. The van der Waals surface area contributed by atoms with E-state index in [-0.39, 0.29) is 26.1 Å². The fraction of sp³-hybridized carbons (Fsp3) is 0.805. The van der Waals surface area contributed by atoms with E-state index >= 15 is 0 Å². The van der Waals surface area contributed by atoms with Crippen LogP contribution in [0.1, 0.15) is 115 Å². The van der Waals surface area contributed by atoms with Crippen LogP contribution in [0.4, 0.5) is 0 Å². The maximum Gasteiger partial charge on any atom is 0.306 e. The molecule has 304 valence electrons. The highest BCUT2D eigenvalue weighted by atomic mass is 16.8. The molecular weight excluding hydrogens is 716 g/mol. The van der Waals surface area contributed by atoms with E-state index in [0.717, 1.165) is 89.0 Å². The van der Waals surface area contributed by atoms with Gasteiger partial charge in [0.05, 0.1) is 26.1 Å². The molecule has 0 unspecified atom stereocenters. The van der Waals surface area contributed by atoms with E-state index < -0.39 is 90.7 Å². The molecule has 55 heavy (non-hydrogen) atoms. The molecule has 5 aliphatic heterocycles. The number of hydrogen-bond acceptors (Lipinski definition) is 14. The molecule has 9 rings (SSSR count). The Balaban J connectivity index is 0.925. The first-order chi connectivity index (χ1) is 26.8. The monoisotopic (exact) mass is 772 g/mol. The molecule has 0 amide bonds. The van der Waals surface area contributed by atoms with E-state index in [1.54, 1.807) is 0 Å². The quantitative estimate of drug-likeness (QED) is 0.358. The molecule has 8 aliphatic rings. The lowest BCUT2D eigenvalue weighted by Crippen LogP contribution is -2.68. The van der Waals surface area contributed by atoms with Crippen molar-refractivity contribution in [2.24, 2.45) is 0 Å². The molecule has 1 aromatic carbocycles. The lowest BCUT2D eigenvalue weighted by molar-refractivity contribution is -0.427. The Hall–Kier alpha value is -2.24. The minimum Gasteiger partial charge on any atom is -0.461 e. The highest BCUT2D eigenvalue weighted by Gasteiger charge is 2.63. The number of rotatable bonds is 8. The Kier molecular flexibility index (Phi) is 11.3. The van der Waals surface area contributed by atoms with Crippen LogP contribution in [0.15, 0.2) is 30.3 Å². The predicted molar refractivity (Wildman–Crippen MR) is 189 cm³/mol. The van der Waals surface area contributed by atoms with Crippen LogP contribution in [0.25, 0.3) is 0 Å². The van der Waals surface area contributed by atoms with Crippen LogP contribution in [-0.2, 0) is 68.3 Å². The topological polar surface area (TPSA) is 156 Å². The molecule has 1 N–H and O–H groups in total. The fourth-order valence-corrected chi connectivity index (χ4v) is 9.88. The van der Waals surface area contributed by atoms with Crippen molar-refractivity contribution in [1.82, 2.24) is 0 Å². The number of fused-ring (bicyclic) bond motifs is 4. The van der Waals surface area contributed by atoms with Crippen molar-refractivity contribution < 1.29 is 66.8 Å². The number of carbonyl (C=O) groups excluding carboxylic acids is 2. The summed E-state index contributed by atoms with van der Waals surface area (Å²) in [6, 6.07) is 9.31. The highest BCUT2D eigenvalue weighted by Crippen LogP contribution is 2.50. The molecule has 3 aliphatic carbocycles. The van der Waals surface area contributed by atoms with Crippen molar-refractivity contribution in [2.75, 3.05) is 13.2 Å². The van der Waals surface area contributed by atoms with Crippen molar-refractivity contribution in [2.45, 2.75) is 195 Å². The van der Waals surface area contributed by atoms with Crippen LogP contribution in [0, 0.1) is 0 Å². The van der Waals surface area contributed by atoms with Gasteiger partial charge in [0.2, 0.25) is 6.29 Å². The van der Waals surface area contributed by atoms with Gasteiger partial charge in [0.15, 0.2) is 29.8 Å². The second kappa shape index (κ2) is 16.2. The van der Waals surface area contributed by atoms with Crippen LogP contribution < -0.4 is 0 Å². The molecular formula is C41H56O14. The Morgan fingerprint density at radius 3 is 1.80 bits per heavy atom. The molecule has 8 fully saturated rings. The summed E-state index contributed by atoms with van der Waals surface area (Å²) in [7, 11) is 0. The molecule has 1 aromatic rings. The standard InChI is InChI=1S/C41H56O14/c42-29(45-23-26-13-5-1-6-14-26)15-16-30(43)50-34-31(44)32-27(24-46-39(52-32)17-7-2-8-18-39)48-37(34)51-38-36-35(54-41(55-36)21-11-4-12-22-41)33-28(49-38)25-47-40(53-33)19-9-3-10-20-40/h1,5-6,13-14,27-28,31-38,44H,2-4,7-12,15-25H2/t27-,28-,31+,32-,33-,34-,35+,36-,37-,38-/m1/s1. The fourth-order valence-electron chi connectivity index (χ4n) is 9.88. The molecule has 10 atom stereocenters. The highest BCUT2D eigenvalue weighted by molar-refractivity contribution is 5.77. The molecule has 14 heteroatoms. The lowest BCUT2D eigenvalue weighted by atomic mass is 9.90. The van der Waals surface area contributed by atoms with Gasteiger partial charge in [-0.1, -0.05) is 49.6 Å². The van der Waals surface area contributed by atoms with Crippen molar-refractivity contribution in [3.05, 3.63) is 35.9 Å². The van der Waals surface area contributed by atoms with Crippen molar-refractivity contribution >= 4 is 11.9 Å². The largest absolute Gasteiger partial charge is 0.461 e. The molecule has 0 aromatic heterocycles. The summed E-state index contributed by atoms with van der Waals surface area (Å²) in [5, 5.41) is 12.0. The van der Waals surface area contributed by atoms with Gasteiger partial charge >= 0.3 is 11.9 Å². The number of aliphatic hydroxyl groups excluding tert-OH is 1. The molecule has 5 saturated heterocycles. The Morgan fingerprint density at radius 2 is 1.15 bits per heavy atom. The average molecular weight is 773 g/mol. The predicted octanol–water partition coefficient (Wildman–Crippen LogP) is 4.85. The molecule has 3 saturated carbocycles. The number of carbonyl (C=O) groups is 2. The van der Waals surface area contributed by atoms with Gasteiger partial charge in [-0.3, -0.25) is 9.59 Å². The maximum atomic E-state index is 13.4. The number of aliphatic hydroxyl groups is 1. The molecule has 3 spiro atoms. The second-order valence-corrected chi connectivity index (χ2v) is 16.7. The Labute approximate surface area is 322 Å². The zero-order chi connectivity index (χ0) is 37.5. The number of ether oxygens (including phenoxy) is 11. The van der Waals surface area contributed by atoms with Gasteiger partial charge in [-0.25, -0.2) is 0 Å². The first kappa shape index (κ1) is 38.3. The van der Waals surface area contributed by atoms with Gasteiger partial charge < -0.3 is 57.2 Å². The van der Waals surface area contributed by atoms with E-state index in [1.165, 1.54) is 0 Å². The Bertz CT molecular complexity index is 1470. The number of esters is 2. The summed E-state index contributed by atoms with van der Waals surface area (Å²) in [4.78, 5) is 26.0. The third-order valence-electron chi connectivity index (χ3n) is 12.8. The third-order valence-corrected chi connectivity index (χ3v) is 12.8. The van der Waals surface area contributed by atoms with Crippen LogP contribution >= 0.6 is 0 Å². The van der Waals surface area contributed by atoms with E-state index in [1.807, 2.05) is 30.3 Å². The van der Waals surface area contributed by atoms with Crippen molar-refractivity contribution in [3.63, 3.8) is 0 Å². The van der Waals surface area contributed by atoms with Crippen molar-refractivity contribution in [3.8, 4) is 0 Å². The van der Waals surface area contributed by atoms with E-state index in [2.05, 4.69) is 0 Å². The summed E-state index contributed by atoms with van der Waals surface area (Å²) in [6.07, 6.45) is 4.69. The van der Waals surface area contributed by atoms with Gasteiger partial charge in [0, 0.05) is 38.5 Å². The van der Waals surface area contributed by atoms with E-state index in [9.17, 15) is 14.7 Å². The first-order valence-electron chi connectivity index (χ1n) is 20.8. The zero-order valence-electron chi connectivity index (χ0n) is 31.6. The second-order valence-electron chi connectivity index (χ2n) is 16.7. The van der Waals surface area contributed by atoms with E-state index in [4.69, 9.17) is 52.1 Å². The normalized spacial score (nSPS) is 38.8. The van der Waals surface area contributed by atoms with Crippen LogP contribution in [-0.4, -0.2) is 109 Å². The minimum atomic E-state index is -1.33. The molecule has 14 nitrogen and oxygen atoms in total. The zero-order valence-corrected chi connectivity index (χ0v) is 31.6. The van der Waals surface area contributed by atoms with Crippen LogP contribution in [0.2, 0.25) is 0 Å². The van der Waals surface area contributed by atoms with Crippen LogP contribution in [0.3, 0.4) is 0 Å². The van der Waals surface area contributed by atoms with Crippen LogP contribution in [0.5, 0.6) is 0 Å². The third kappa shape index (κ3) is 8.10. The summed E-state index contributed by atoms with van der Waals surface area (Å²) in [5.41, 5.74) is 0.840. The molecule has 0 radical (unpaired) electrons. The SMILES string of the molecule is O=C(CCC(=O)O[C@H]1[C@@H](O[C@H]2O[C@@H]3COC4(CCCCC4)O[C@H]3[C@@H]3OC4(CCCCC4)O[C@@H]23)O[C@@H]2COC3(CCCCC3)O[C@H]2[C@@H]1O)OCc1ccccc1. The van der Waals surface area contributed by atoms with Gasteiger partial charge in [-0.05, 0) is 44.1 Å². The summed E-state index contributed by atoms with van der Waals surface area (Å²) < 4.78 is 70.7. The summed E-state index contributed by atoms with van der Waals surface area (Å²) >= 11 is 0. The molecule has 0 bridgehead atoms. The van der Waals surface area contributed by atoms with Gasteiger partial charge in [0.1, 0.15) is 49.3 Å². The van der Waals surface area contributed by atoms with Gasteiger partial charge in [0.25, 0.3) is 0 Å². The minimum absolute atomic E-state index is 0.0968. The lowest BCUT2D eigenvalue weighted by Gasteiger charge is -2.53. The van der Waals surface area contributed by atoms with E-state index in [0.29, 0.717) is 19.4 Å². The van der Waals surface area contributed by atoms with Gasteiger partial charge in [-0.15, -0.1) is 0 Å². The summed E-state index contributed by atoms with van der Waals surface area (Å²) in [5.74, 6) is -3.54. The van der Waals surface area contributed by atoms with Crippen molar-refractivity contribution in [1.29, 1.82) is 0 Å². The summed E-state index contributed by atoms with van der Waals surface area (Å²) in [6.45, 7) is 0.565. The first-order valence-corrected chi connectivity index (χ1v) is 20.8. The average Bonchev–Trinajstić information content (AvgIpc) is 3.58. The molecule has 5 heterocycles.